The SMILES string of the molecule is CCc1oc2c(CN3CCOCC3)c(O)ccc2c(=O)c1C. The quantitative estimate of drug-likeness (QED) is 0.942. The topological polar surface area (TPSA) is 62.9 Å². The van der Waals surface area contributed by atoms with Crippen molar-refractivity contribution in [2.75, 3.05) is 26.3 Å². The van der Waals surface area contributed by atoms with Crippen molar-refractivity contribution < 1.29 is 14.3 Å². The van der Waals surface area contributed by atoms with E-state index in [0.717, 1.165) is 13.1 Å². The molecule has 0 atom stereocenters. The van der Waals surface area contributed by atoms with Crippen molar-refractivity contribution in [3.8, 4) is 5.75 Å². The average Bonchev–Trinajstić information content (AvgIpc) is 2.54. The third kappa shape index (κ3) is 2.62. The number of ether oxygens (including phenoxy) is 1. The number of rotatable bonds is 3. The summed E-state index contributed by atoms with van der Waals surface area (Å²) in [7, 11) is 0. The minimum absolute atomic E-state index is 0.0127. The van der Waals surface area contributed by atoms with Gasteiger partial charge in [0.2, 0.25) is 0 Å². The number of phenolic OH excluding ortho intramolecular Hbond substituents is 1. The highest BCUT2D eigenvalue weighted by atomic mass is 16.5. The van der Waals surface area contributed by atoms with E-state index in [1.54, 1.807) is 19.1 Å². The molecular formula is C17H21NO4. The van der Waals surface area contributed by atoms with Gasteiger partial charge >= 0.3 is 0 Å². The number of nitrogens with zero attached hydrogens (tertiary/aromatic N) is 1. The van der Waals surface area contributed by atoms with Crippen molar-refractivity contribution in [3.63, 3.8) is 0 Å². The van der Waals surface area contributed by atoms with Crippen molar-refractivity contribution in [2.24, 2.45) is 0 Å². The van der Waals surface area contributed by atoms with Crippen LogP contribution >= 0.6 is 0 Å². The Morgan fingerprint density at radius 3 is 2.68 bits per heavy atom. The molecule has 1 aliphatic heterocycles. The van der Waals surface area contributed by atoms with Crippen LogP contribution in [0.25, 0.3) is 11.0 Å². The summed E-state index contributed by atoms with van der Waals surface area (Å²) in [5, 5.41) is 10.8. The Kier molecular flexibility index (Phi) is 4.18. The molecule has 1 saturated heterocycles. The van der Waals surface area contributed by atoms with Crippen molar-refractivity contribution in [3.05, 3.63) is 39.2 Å². The van der Waals surface area contributed by atoms with Crippen LogP contribution in [0.15, 0.2) is 21.3 Å². The van der Waals surface area contributed by atoms with Gasteiger partial charge in [-0.05, 0) is 19.1 Å². The van der Waals surface area contributed by atoms with Gasteiger partial charge in [0.1, 0.15) is 17.1 Å². The Bertz CT molecular complexity index is 744. The predicted molar refractivity (Wildman–Crippen MR) is 84.4 cm³/mol. The molecular weight excluding hydrogens is 282 g/mol. The van der Waals surface area contributed by atoms with Crippen LogP contribution in [0.2, 0.25) is 0 Å². The smallest absolute Gasteiger partial charge is 0.195 e. The van der Waals surface area contributed by atoms with E-state index in [2.05, 4.69) is 4.90 Å². The van der Waals surface area contributed by atoms with Crippen LogP contribution in [0.4, 0.5) is 0 Å². The first-order valence-electron chi connectivity index (χ1n) is 7.69. The van der Waals surface area contributed by atoms with Gasteiger partial charge in [-0.15, -0.1) is 0 Å². The van der Waals surface area contributed by atoms with Gasteiger partial charge in [0.25, 0.3) is 0 Å². The summed E-state index contributed by atoms with van der Waals surface area (Å²) in [4.78, 5) is 14.7. The molecule has 0 spiro atoms. The molecule has 0 saturated carbocycles. The number of benzene rings is 1. The van der Waals surface area contributed by atoms with E-state index in [4.69, 9.17) is 9.15 Å². The molecule has 1 fully saturated rings. The van der Waals surface area contributed by atoms with Crippen molar-refractivity contribution in [2.45, 2.75) is 26.8 Å². The van der Waals surface area contributed by atoms with Crippen LogP contribution in [0.5, 0.6) is 5.75 Å². The van der Waals surface area contributed by atoms with E-state index in [1.807, 2.05) is 6.92 Å². The zero-order chi connectivity index (χ0) is 15.7. The molecule has 0 unspecified atom stereocenters. The van der Waals surface area contributed by atoms with E-state index >= 15 is 0 Å². The summed E-state index contributed by atoms with van der Waals surface area (Å²) in [5.74, 6) is 0.861. The normalized spacial score (nSPS) is 16.3. The van der Waals surface area contributed by atoms with Gasteiger partial charge < -0.3 is 14.3 Å². The van der Waals surface area contributed by atoms with E-state index in [1.165, 1.54) is 0 Å². The Morgan fingerprint density at radius 1 is 1.27 bits per heavy atom. The molecule has 5 nitrogen and oxygen atoms in total. The molecule has 1 aromatic carbocycles. The van der Waals surface area contributed by atoms with E-state index < -0.39 is 0 Å². The standard InChI is InChI=1S/C17H21NO4/c1-3-15-11(2)16(20)12-4-5-14(19)13(17(12)22-15)10-18-6-8-21-9-7-18/h4-5,19H,3,6-10H2,1-2H3. The average molecular weight is 303 g/mol. The predicted octanol–water partition coefficient (Wildman–Crippen LogP) is 2.20. The fourth-order valence-corrected chi connectivity index (χ4v) is 2.91. The summed E-state index contributed by atoms with van der Waals surface area (Å²) >= 11 is 0. The molecule has 1 aliphatic rings. The van der Waals surface area contributed by atoms with Gasteiger partial charge in [0.15, 0.2) is 5.43 Å². The molecule has 0 radical (unpaired) electrons. The van der Waals surface area contributed by atoms with Gasteiger partial charge in [-0.2, -0.15) is 0 Å². The van der Waals surface area contributed by atoms with Crippen LogP contribution in [0, 0.1) is 6.92 Å². The van der Waals surface area contributed by atoms with Gasteiger partial charge in [-0.1, -0.05) is 6.92 Å². The molecule has 0 bridgehead atoms. The van der Waals surface area contributed by atoms with Crippen LogP contribution in [0.3, 0.4) is 0 Å². The highest BCUT2D eigenvalue weighted by Gasteiger charge is 2.19. The monoisotopic (exact) mass is 303 g/mol. The fourth-order valence-electron chi connectivity index (χ4n) is 2.91. The Hall–Kier alpha value is -1.85. The molecule has 1 aromatic heterocycles. The van der Waals surface area contributed by atoms with Crippen molar-refractivity contribution >= 4 is 11.0 Å². The first-order valence-corrected chi connectivity index (χ1v) is 7.69. The molecule has 1 N–H and O–H groups in total. The third-order valence-electron chi connectivity index (χ3n) is 4.27. The van der Waals surface area contributed by atoms with Gasteiger partial charge in [0.05, 0.1) is 24.2 Å². The Labute approximate surface area is 129 Å². The second-order valence-electron chi connectivity index (χ2n) is 5.66. The lowest BCUT2D eigenvalue weighted by Crippen LogP contribution is -2.35. The number of aromatic hydroxyl groups is 1. The molecule has 5 heteroatoms. The molecule has 0 aliphatic carbocycles. The van der Waals surface area contributed by atoms with Crippen LogP contribution in [0.1, 0.15) is 23.8 Å². The summed E-state index contributed by atoms with van der Waals surface area (Å²) < 4.78 is 11.3. The summed E-state index contributed by atoms with van der Waals surface area (Å²) in [5.41, 5.74) is 1.84. The van der Waals surface area contributed by atoms with Gasteiger partial charge in [-0.25, -0.2) is 0 Å². The number of hydrogen-bond donors (Lipinski definition) is 1. The maximum Gasteiger partial charge on any atom is 0.195 e. The van der Waals surface area contributed by atoms with E-state index in [-0.39, 0.29) is 11.2 Å². The summed E-state index contributed by atoms with van der Waals surface area (Å²) in [6, 6.07) is 3.23. The van der Waals surface area contributed by atoms with Gasteiger partial charge in [0, 0.05) is 31.6 Å². The van der Waals surface area contributed by atoms with Crippen LogP contribution < -0.4 is 5.43 Å². The highest BCUT2D eigenvalue weighted by Crippen LogP contribution is 2.29. The second kappa shape index (κ2) is 6.10. The van der Waals surface area contributed by atoms with Gasteiger partial charge in [-0.3, -0.25) is 9.69 Å². The zero-order valence-corrected chi connectivity index (χ0v) is 13.0. The third-order valence-corrected chi connectivity index (χ3v) is 4.27. The minimum atomic E-state index is -0.0127. The van der Waals surface area contributed by atoms with Crippen LogP contribution in [-0.2, 0) is 17.7 Å². The zero-order valence-electron chi connectivity index (χ0n) is 13.0. The number of morpholine rings is 1. The van der Waals surface area contributed by atoms with Crippen molar-refractivity contribution in [1.29, 1.82) is 0 Å². The fraction of sp³-hybridized carbons (Fsp3) is 0.471. The Balaban J connectivity index is 2.13. The lowest BCUT2D eigenvalue weighted by molar-refractivity contribution is 0.0339. The summed E-state index contributed by atoms with van der Waals surface area (Å²) in [6.07, 6.45) is 0.656. The number of aryl methyl sites for hydroxylation is 1. The first-order chi connectivity index (χ1) is 10.6. The molecule has 22 heavy (non-hydrogen) atoms. The van der Waals surface area contributed by atoms with E-state index in [0.29, 0.717) is 54.0 Å². The minimum Gasteiger partial charge on any atom is -0.507 e. The molecule has 0 amide bonds. The lowest BCUT2D eigenvalue weighted by atomic mass is 10.1. The summed E-state index contributed by atoms with van der Waals surface area (Å²) in [6.45, 7) is 7.31. The largest absolute Gasteiger partial charge is 0.507 e. The second-order valence-corrected chi connectivity index (χ2v) is 5.66. The number of fused-ring (bicyclic) bond motifs is 1. The number of hydrogen-bond acceptors (Lipinski definition) is 5. The first kappa shape index (κ1) is 15.1. The maximum atomic E-state index is 12.5. The maximum absolute atomic E-state index is 12.5. The lowest BCUT2D eigenvalue weighted by Gasteiger charge is -2.27. The van der Waals surface area contributed by atoms with E-state index in [9.17, 15) is 9.90 Å². The molecule has 3 rings (SSSR count). The molecule has 2 heterocycles. The highest BCUT2D eigenvalue weighted by molar-refractivity contribution is 5.82. The number of phenols is 1. The van der Waals surface area contributed by atoms with Crippen molar-refractivity contribution in [1.82, 2.24) is 4.90 Å². The molecule has 2 aromatic rings. The molecule has 118 valence electrons. The van der Waals surface area contributed by atoms with Crippen LogP contribution in [-0.4, -0.2) is 36.3 Å². The Morgan fingerprint density at radius 2 is 2.00 bits per heavy atom.